The van der Waals surface area contributed by atoms with Crippen molar-refractivity contribution in [2.24, 2.45) is 0 Å². The first-order chi connectivity index (χ1) is 13.1. The molecule has 2 heterocycles. The van der Waals surface area contributed by atoms with E-state index in [-0.39, 0.29) is 17.3 Å². The molecular weight excluding hydrogens is 430 g/mol. The van der Waals surface area contributed by atoms with Crippen molar-refractivity contribution in [1.29, 1.82) is 0 Å². The number of nitrogens with zero attached hydrogens (tertiary/aromatic N) is 1. The maximum Gasteiger partial charge on any atom is 0.323 e. The van der Waals surface area contributed by atoms with Gasteiger partial charge in [-0.05, 0) is 35.9 Å². The lowest BCUT2D eigenvalue weighted by Crippen LogP contribution is -2.14. The van der Waals surface area contributed by atoms with Crippen molar-refractivity contribution in [3.63, 3.8) is 0 Å². The smallest absolute Gasteiger partial charge is 0.323 e. The van der Waals surface area contributed by atoms with Crippen LogP contribution in [0.3, 0.4) is 0 Å². The molecule has 4 rings (SSSR count). The van der Waals surface area contributed by atoms with Gasteiger partial charge in [0.1, 0.15) is 0 Å². The summed E-state index contributed by atoms with van der Waals surface area (Å²) in [5.41, 5.74) is 3.61. The number of nitrogens with one attached hydrogen (secondary N) is 4. The Balaban J connectivity index is 1.37. The Bertz CT molecular complexity index is 1160. The number of carbonyl (C=O) groups is 1. The minimum absolute atomic E-state index is 0.154. The third kappa shape index (κ3) is 4.15. The average Bonchev–Trinajstić information content (AvgIpc) is 3.26. The molecular formula is C18H14BrN5O2S. The molecule has 0 radical (unpaired) electrons. The first kappa shape index (κ1) is 17.6. The second-order valence-corrected chi connectivity index (χ2v) is 7.66. The number of hydrogen-bond acceptors (Lipinski definition) is 4. The Morgan fingerprint density at radius 3 is 2.67 bits per heavy atom. The van der Waals surface area contributed by atoms with Crippen molar-refractivity contribution in [2.45, 2.75) is 5.16 Å². The molecule has 4 N–H and O–H groups in total. The quantitative estimate of drug-likeness (QED) is 0.352. The van der Waals surface area contributed by atoms with Gasteiger partial charge in [-0.15, -0.1) is 0 Å². The molecule has 9 heteroatoms. The molecule has 0 aliphatic heterocycles. The first-order valence-electron chi connectivity index (χ1n) is 8.02. The van der Waals surface area contributed by atoms with Crippen LogP contribution in [0.2, 0.25) is 0 Å². The fourth-order valence-electron chi connectivity index (χ4n) is 2.59. The van der Waals surface area contributed by atoms with E-state index in [0.29, 0.717) is 21.9 Å². The van der Waals surface area contributed by atoms with E-state index in [1.807, 2.05) is 24.3 Å². The van der Waals surface area contributed by atoms with Gasteiger partial charge in [0.2, 0.25) is 5.91 Å². The molecule has 1 amide bonds. The number of imidazole rings is 2. The second kappa shape index (κ2) is 7.45. The van der Waals surface area contributed by atoms with Crippen LogP contribution in [0.15, 0.2) is 63.1 Å². The zero-order valence-corrected chi connectivity index (χ0v) is 16.3. The average molecular weight is 444 g/mol. The number of fused-ring (bicyclic) bond motifs is 1. The maximum absolute atomic E-state index is 12.2. The molecule has 0 spiro atoms. The number of carbonyl (C=O) groups excluding carboxylic acids is 1. The van der Waals surface area contributed by atoms with Crippen molar-refractivity contribution in [3.05, 3.63) is 63.6 Å². The minimum atomic E-state index is -0.275. The van der Waals surface area contributed by atoms with Gasteiger partial charge in [0.25, 0.3) is 0 Å². The van der Waals surface area contributed by atoms with Crippen LogP contribution in [0.4, 0.5) is 5.69 Å². The van der Waals surface area contributed by atoms with Gasteiger partial charge in [-0.25, -0.2) is 9.78 Å². The van der Waals surface area contributed by atoms with Crippen LogP contribution in [0.25, 0.3) is 22.3 Å². The number of aromatic amines is 3. The van der Waals surface area contributed by atoms with E-state index in [2.05, 4.69) is 41.2 Å². The van der Waals surface area contributed by atoms with Crippen LogP contribution >= 0.6 is 27.7 Å². The first-order valence-corrected chi connectivity index (χ1v) is 9.80. The molecule has 0 unspecified atom stereocenters. The molecule has 0 atom stereocenters. The monoisotopic (exact) mass is 443 g/mol. The molecule has 0 aliphatic rings. The van der Waals surface area contributed by atoms with Crippen molar-refractivity contribution in [1.82, 2.24) is 19.9 Å². The fourth-order valence-corrected chi connectivity index (χ4v) is 3.51. The van der Waals surface area contributed by atoms with Crippen LogP contribution in [0.5, 0.6) is 0 Å². The molecule has 0 saturated carbocycles. The highest BCUT2D eigenvalue weighted by atomic mass is 79.9. The summed E-state index contributed by atoms with van der Waals surface area (Å²) in [5, 5.41) is 3.49. The highest BCUT2D eigenvalue weighted by Gasteiger charge is 2.08. The third-order valence-electron chi connectivity index (χ3n) is 3.85. The Morgan fingerprint density at radius 2 is 1.85 bits per heavy atom. The Morgan fingerprint density at radius 1 is 1.07 bits per heavy atom. The standard InChI is InChI=1S/C18H14BrN5O2S/c19-11-3-1-10(2-4-11)15-8-20-18(24-15)27-9-16(25)21-12-5-6-13-14(7-12)23-17(26)22-13/h1-8H,9H2,(H,20,24)(H,21,25)(H2,22,23,26). The number of rotatable bonds is 5. The molecule has 2 aromatic heterocycles. The zero-order valence-electron chi connectivity index (χ0n) is 13.9. The van der Waals surface area contributed by atoms with Gasteiger partial charge in [-0.2, -0.15) is 0 Å². The van der Waals surface area contributed by atoms with E-state index in [1.165, 1.54) is 11.8 Å². The molecule has 0 fully saturated rings. The summed E-state index contributed by atoms with van der Waals surface area (Å²) in [6.07, 6.45) is 1.75. The summed E-state index contributed by atoms with van der Waals surface area (Å²) in [6, 6.07) is 13.1. The van der Waals surface area contributed by atoms with E-state index in [0.717, 1.165) is 15.7 Å². The van der Waals surface area contributed by atoms with Gasteiger partial charge in [0.15, 0.2) is 5.16 Å². The number of aromatic nitrogens is 4. The van der Waals surface area contributed by atoms with E-state index < -0.39 is 0 Å². The van der Waals surface area contributed by atoms with Crippen LogP contribution in [-0.2, 0) is 4.79 Å². The van der Waals surface area contributed by atoms with Gasteiger partial charge in [-0.3, -0.25) is 4.79 Å². The number of anilines is 1. The number of H-pyrrole nitrogens is 3. The number of amides is 1. The number of hydrogen-bond donors (Lipinski definition) is 4. The Hall–Kier alpha value is -2.78. The summed E-state index contributed by atoms with van der Waals surface area (Å²) >= 11 is 4.73. The lowest BCUT2D eigenvalue weighted by atomic mass is 10.2. The van der Waals surface area contributed by atoms with Crippen molar-refractivity contribution >= 4 is 50.3 Å². The topological polar surface area (TPSA) is 106 Å². The molecule has 2 aromatic carbocycles. The summed E-state index contributed by atoms with van der Waals surface area (Å²) in [5.74, 6) is 0.0634. The van der Waals surface area contributed by atoms with Gasteiger partial charge >= 0.3 is 5.69 Å². The minimum Gasteiger partial charge on any atom is -0.333 e. The fraction of sp³-hybridized carbons (Fsp3) is 0.0556. The van der Waals surface area contributed by atoms with Crippen molar-refractivity contribution < 1.29 is 4.79 Å². The Labute approximate surface area is 166 Å². The van der Waals surface area contributed by atoms with Crippen molar-refractivity contribution in [3.8, 4) is 11.3 Å². The molecule has 7 nitrogen and oxygen atoms in total. The lowest BCUT2D eigenvalue weighted by molar-refractivity contribution is -0.113. The number of halogens is 1. The molecule has 27 heavy (non-hydrogen) atoms. The van der Waals surface area contributed by atoms with Gasteiger partial charge in [0, 0.05) is 10.2 Å². The zero-order chi connectivity index (χ0) is 18.8. The second-order valence-electron chi connectivity index (χ2n) is 5.79. The molecule has 4 aromatic rings. The Kier molecular flexibility index (Phi) is 4.87. The summed E-state index contributed by atoms with van der Waals surface area (Å²) in [6.45, 7) is 0. The van der Waals surface area contributed by atoms with E-state index in [4.69, 9.17) is 0 Å². The largest absolute Gasteiger partial charge is 0.333 e. The maximum atomic E-state index is 12.2. The predicted octanol–water partition coefficient (Wildman–Crippen LogP) is 3.74. The summed E-state index contributed by atoms with van der Waals surface area (Å²) in [7, 11) is 0. The summed E-state index contributed by atoms with van der Waals surface area (Å²) < 4.78 is 1.01. The van der Waals surface area contributed by atoms with Crippen molar-refractivity contribution in [2.75, 3.05) is 11.1 Å². The lowest BCUT2D eigenvalue weighted by Gasteiger charge is -2.04. The normalized spacial score (nSPS) is 11.0. The molecule has 0 aliphatic carbocycles. The van der Waals surface area contributed by atoms with Gasteiger partial charge < -0.3 is 20.3 Å². The van der Waals surface area contributed by atoms with E-state index in [1.54, 1.807) is 24.4 Å². The molecule has 0 bridgehead atoms. The van der Waals surface area contributed by atoms with E-state index in [9.17, 15) is 9.59 Å². The van der Waals surface area contributed by atoms with Crippen LogP contribution < -0.4 is 11.0 Å². The molecule has 136 valence electrons. The number of thioether (sulfide) groups is 1. The molecule has 0 saturated heterocycles. The summed E-state index contributed by atoms with van der Waals surface area (Å²) in [4.78, 5) is 36.3. The van der Waals surface area contributed by atoms with Gasteiger partial charge in [-0.1, -0.05) is 39.8 Å². The van der Waals surface area contributed by atoms with Crippen LogP contribution in [0, 0.1) is 0 Å². The number of benzene rings is 2. The van der Waals surface area contributed by atoms with Crippen LogP contribution in [0.1, 0.15) is 0 Å². The van der Waals surface area contributed by atoms with Gasteiger partial charge in [0.05, 0.1) is 28.7 Å². The third-order valence-corrected chi connectivity index (χ3v) is 5.26. The highest BCUT2D eigenvalue weighted by Crippen LogP contribution is 2.23. The van der Waals surface area contributed by atoms with Crippen LogP contribution in [-0.4, -0.2) is 31.6 Å². The van der Waals surface area contributed by atoms with E-state index >= 15 is 0 Å². The SMILES string of the molecule is O=C(CSc1ncc(-c2ccc(Br)cc2)[nH]1)Nc1ccc2[nH]c(=O)[nH]c2c1. The highest BCUT2D eigenvalue weighted by molar-refractivity contribution is 9.10. The predicted molar refractivity (Wildman–Crippen MR) is 110 cm³/mol.